The van der Waals surface area contributed by atoms with E-state index >= 15 is 0 Å². The summed E-state index contributed by atoms with van der Waals surface area (Å²) < 4.78 is 7.62. The Balaban J connectivity index is 1.61. The molecule has 5 rings (SSSR count). The van der Waals surface area contributed by atoms with Gasteiger partial charge < -0.3 is 4.74 Å². The highest BCUT2D eigenvalue weighted by atomic mass is 35.5. The van der Waals surface area contributed by atoms with E-state index in [-0.39, 0.29) is 5.91 Å². The van der Waals surface area contributed by atoms with E-state index in [1.807, 2.05) is 22.5 Å². The van der Waals surface area contributed by atoms with Gasteiger partial charge in [-0.05, 0) is 59.5 Å². The molecule has 0 radical (unpaired) electrons. The molecule has 166 valence electrons. The zero-order chi connectivity index (χ0) is 22.1. The van der Waals surface area contributed by atoms with E-state index in [4.69, 9.17) is 33.0 Å². The summed E-state index contributed by atoms with van der Waals surface area (Å²) in [5, 5.41) is 11.8. The lowest BCUT2D eigenvalue weighted by Crippen LogP contribution is -2.45. The summed E-state index contributed by atoms with van der Waals surface area (Å²) in [6.07, 6.45) is 5.41. The van der Waals surface area contributed by atoms with Crippen LogP contribution in [0.5, 0.6) is 0 Å². The first-order valence-corrected chi connectivity index (χ1v) is 12.2. The quantitative estimate of drug-likeness (QED) is 0.530. The number of halogens is 2. The van der Waals surface area contributed by atoms with Gasteiger partial charge in [0.15, 0.2) is 5.69 Å². The molecule has 1 N–H and O–H groups in total. The summed E-state index contributed by atoms with van der Waals surface area (Å²) >= 11 is 14.3. The number of aromatic nitrogens is 2. The number of rotatable bonds is 4. The van der Waals surface area contributed by atoms with Crippen LogP contribution in [0.2, 0.25) is 10.0 Å². The molecule has 0 atom stereocenters. The van der Waals surface area contributed by atoms with Gasteiger partial charge in [0.25, 0.3) is 5.91 Å². The van der Waals surface area contributed by atoms with Crippen molar-refractivity contribution < 1.29 is 9.53 Å². The summed E-state index contributed by atoms with van der Waals surface area (Å²) in [5.41, 5.74) is 7.68. The highest BCUT2D eigenvalue weighted by molar-refractivity contribution is 7.08. The molecular formula is C23H22Cl2N4O2S. The van der Waals surface area contributed by atoms with Crippen molar-refractivity contribution in [2.24, 2.45) is 0 Å². The Bertz CT molecular complexity index is 1170. The molecule has 1 amide bonds. The zero-order valence-electron chi connectivity index (χ0n) is 17.3. The molecule has 4 heterocycles. The average molecular weight is 489 g/mol. The topological polar surface area (TPSA) is 59.4 Å². The summed E-state index contributed by atoms with van der Waals surface area (Å²) in [5.74, 6) is -0.229. The number of hydrazine groups is 1. The van der Waals surface area contributed by atoms with Gasteiger partial charge in [-0.25, -0.2) is 9.69 Å². The lowest BCUT2D eigenvalue weighted by Gasteiger charge is -2.26. The molecule has 1 fully saturated rings. The molecule has 2 aliphatic heterocycles. The molecule has 0 saturated carbocycles. The highest BCUT2D eigenvalue weighted by Crippen LogP contribution is 2.35. The predicted octanol–water partition coefficient (Wildman–Crippen LogP) is 5.44. The summed E-state index contributed by atoms with van der Waals surface area (Å²) in [6.45, 7) is 2.42. The second kappa shape index (κ2) is 9.37. The van der Waals surface area contributed by atoms with E-state index in [2.05, 4.69) is 16.9 Å². The molecule has 0 unspecified atom stereocenters. The van der Waals surface area contributed by atoms with Crippen molar-refractivity contribution in [3.8, 4) is 5.69 Å². The van der Waals surface area contributed by atoms with Crippen molar-refractivity contribution in [3.05, 3.63) is 67.6 Å². The number of amides is 1. The Morgan fingerprint density at radius 1 is 1.16 bits per heavy atom. The lowest BCUT2D eigenvalue weighted by molar-refractivity contribution is 0.0738. The number of fused-ring (bicyclic) bond motifs is 1. The van der Waals surface area contributed by atoms with Gasteiger partial charge >= 0.3 is 0 Å². The predicted molar refractivity (Wildman–Crippen MR) is 128 cm³/mol. The van der Waals surface area contributed by atoms with Crippen LogP contribution < -0.4 is 5.43 Å². The van der Waals surface area contributed by atoms with Crippen LogP contribution in [-0.2, 0) is 11.3 Å². The Morgan fingerprint density at radius 2 is 2.00 bits per heavy atom. The van der Waals surface area contributed by atoms with Crippen LogP contribution in [0.25, 0.3) is 17.3 Å². The van der Waals surface area contributed by atoms with Crippen LogP contribution in [0.15, 0.2) is 35.0 Å². The third-order valence-electron chi connectivity index (χ3n) is 5.64. The van der Waals surface area contributed by atoms with Crippen molar-refractivity contribution >= 4 is 52.1 Å². The van der Waals surface area contributed by atoms with E-state index in [9.17, 15) is 4.79 Å². The van der Waals surface area contributed by atoms with Gasteiger partial charge in [-0.1, -0.05) is 29.6 Å². The van der Waals surface area contributed by atoms with Gasteiger partial charge in [-0.2, -0.15) is 16.4 Å². The number of ether oxygens (including phenoxy) is 1. The molecule has 32 heavy (non-hydrogen) atoms. The smallest absolute Gasteiger partial charge is 0.286 e. The molecule has 1 aromatic carbocycles. The largest absolute Gasteiger partial charge is 0.372 e. The number of carbonyl (C=O) groups excluding carboxylic acids is 1. The Labute approximate surface area is 200 Å². The number of hydrogen-bond acceptors (Lipinski definition) is 5. The minimum absolute atomic E-state index is 0.229. The Morgan fingerprint density at radius 3 is 2.75 bits per heavy atom. The average Bonchev–Trinajstić information content (AvgIpc) is 3.43. The highest BCUT2D eigenvalue weighted by Gasteiger charge is 2.30. The number of piperidine rings is 1. The molecule has 6 nitrogen and oxygen atoms in total. The van der Waals surface area contributed by atoms with E-state index in [1.165, 1.54) is 6.42 Å². The molecule has 3 aromatic rings. The van der Waals surface area contributed by atoms with Crippen LogP contribution in [0, 0.1) is 0 Å². The molecule has 2 aliphatic rings. The van der Waals surface area contributed by atoms with Gasteiger partial charge in [0, 0.05) is 29.2 Å². The number of nitrogens with zero attached hydrogens (tertiary/aromatic N) is 3. The molecule has 2 aromatic heterocycles. The van der Waals surface area contributed by atoms with Crippen molar-refractivity contribution in [1.82, 2.24) is 20.2 Å². The normalized spacial score (nSPS) is 18.0. The fourth-order valence-corrected chi connectivity index (χ4v) is 5.24. The summed E-state index contributed by atoms with van der Waals surface area (Å²) in [4.78, 5) is 13.2. The third kappa shape index (κ3) is 4.36. The number of hydrogen-bond donors (Lipinski definition) is 1. The van der Waals surface area contributed by atoms with E-state index in [0.717, 1.165) is 48.3 Å². The minimum Gasteiger partial charge on any atom is -0.372 e. The summed E-state index contributed by atoms with van der Waals surface area (Å²) in [7, 11) is 0. The van der Waals surface area contributed by atoms with Crippen molar-refractivity contribution in [3.63, 3.8) is 0 Å². The third-order valence-corrected chi connectivity index (χ3v) is 6.88. The Kier molecular flexibility index (Phi) is 6.35. The van der Waals surface area contributed by atoms with Crippen molar-refractivity contribution in [2.75, 3.05) is 19.7 Å². The number of carbonyl (C=O) groups is 1. The molecule has 0 bridgehead atoms. The Hall–Kier alpha value is -2.16. The maximum atomic E-state index is 13.2. The molecule has 0 aliphatic carbocycles. The van der Waals surface area contributed by atoms with Crippen LogP contribution in [-0.4, -0.2) is 40.4 Å². The van der Waals surface area contributed by atoms with Crippen molar-refractivity contribution in [1.29, 1.82) is 0 Å². The van der Waals surface area contributed by atoms with Gasteiger partial charge in [0.05, 0.1) is 29.6 Å². The van der Waals surface area contributed by atoms with Crippen LogP contribution in [0.4, 0.5) is 0 Å². The minimum atomic E-state index is -0.229. The second-order valence-corrected chi connectivity index (χ2v) is 9.51. The SMILES string of the molecule is O=C(NN1CCCCC1)c1nn(-c2ccc(Cl)cc2Cl)c2c1COCC2=Cc1ccsc1. The summed E-state index contributed by atoms with van der Waals surface area (Å²) in [6, 6.07) is 7.32. The zero-order valence-corrected chi connectivity index (χ0v) is 19.6. The monoisotopic (exact) mass is 488 g/mol. The van der Waals surface area contributed by atoms with Crippen molar-refractivity contribution in [2.45, 2.75) is 25.9 Å². The van der Waals surface area contributed by atoms with Gasteiger partial charge in [-0.3, -0.25) is 10.2 Å². The number of benzene rings is 1. The first kappa shape index (κ1) is 21.7. The molecule has 9 heteroatoms. The number of nitrogens with one attached hydrogen (secondary N) is 1. The maximum absolute atomic E-state index is 13.2. The van der Waals surface area contributed by atoms with Crippen LogP contribution >= 0.6 is 34.5 Å². The van der Waals surface area contributed by atoms with E-state index in [1.54, 1.807) is 28.2 Å². The van der Waals surface area contributed by atoms with Gasteiger partial charge in [0.2, 0.25) is 0 Å². The standard InChI is InChI=1S/C23H22Cl2N4O2S/c24-17-4-5-20(19(25)11-17)29-22-16(10-15-6-9-32-14-15)12-31-13-18(22)21(26-29)23(30)27-28-7-2-1-3-8-28/h4-6,9-11,14H,1-3,7-8,12-13H2,(H,27,30). The molecular weight excluding hydrogens is 467 g/mol. The van der Waals surface area contributed by atoms with E-state index in [0.29, 0.717) is 34.6 Å². The van der Waals surface area contributed by atoms with Crippen LogP contribution in [0.1, 0.15) is 46.6 Å². The first-order valence-electron chi connectivity index (χ1n) is 10.5. The lowest BCUT2D eigenvalue weighted by atomic mass is 10.0. The van der Waals surface area contributed by atoms with Crippen LogP contribution in [0.3, 0.4) is 0 Å². The molecule has 1 saturated heterocycles. The fraction of sp³-hybridized carbons (Fsp3) is 0.304. The fourth-order valence-electron chi connectivity index (χ4n) is 4.13. The maximum Gasteiger partial charge on any atom is 0.286 e. The van der Waals surface area contributed by atoms with E-state index < -0.39 is 0 Å². The number of thiophene rings is 1. The van der Waals surface area contributed by atoms with Gasteiger partial charge in [-0.15, -0.1) is 0 Å². The second-order valence-electron chi connectivity index (χ2n) is 7.89. The first-order chi connectivity index (χ1) is 15.6. The van der Waals surface area contributed by atoms with Gasteiger partial charge in [0.1, 0.15) is 0 Å². The molecule has 0 spiro atoms.